The molecule has 0 aliphatic carbocycles. The number of nitrogens with one attached hydrogen (secondary N) is 3. The van der Waals surface area contributed by atoms with Crippen LogP contribution < -0.4 is 20.7 Å². The first kappa shape index (κ1) is 28.2. The van der Waals surface area contributed by atoms with E-state index in [1.54, 1.807) is 4.08 Å². The number of anilines is 2. The molecule has 11 nitrogen and oxygen atoms in total. The predicted octanol–water partition coefficient (Wildman–Crippen LogP) is 4.72. The molecule has 2 aromatic carbocycles. The number of rotatable bonds is 8. The number of alkyl halides is 3. The Kier molecular flexibility index (Phi) is 9.42. The monoisotopic (exact) mass is 641 g/mol. The van der Waals surface area contributed by atoms with Crippen LogP contribution in [0.5, 0.6) is 5.75 Å². The van der Waals surface area contributed by atoms with Gasteiger partial charge in [-0.15, -0.1) is 0 Å². The van der Waals surface area contributed by atoms with Gasteiger partial charge < -0.3 is 25.9 Å². The van der Waals surface area contributed by atoms with Gasteiger partial charge in [0.2, 0.25) is 0 Å². The molecule has 3 rings (SSSR count). The van der Waals surface area contributed by atoms with Crippen LogP contribution >= 0.6 is 22.6 Å². The SMILES string of the molecule is CNC(=O)C(/C=C(\C=C/I)Oc1ccc(NC(=O)Nc2cc(C(F)(F)F)ccc2-n2cncn2)cc1)=N\O. The normalized spacial score (nSPS) is 12.3. The van der Waals surface area contributed by atoms with E-state index in [-0.39, 0.29) is 22.8 Å². The summed E-state index contributed by atoms with van der Waals surface area (Å²) < 4.78 is 48.2. The van der Waals surface area contributed by atoms with Gasteiger partial charge in [0, 0.05) is 18.8 Å². The lowest BCUT2D eigenvalue weighted by Crippen LogP contribution is -2.26. The molecule has 0 unspecified atom stereocenters. The van der Waals surface area contributed by atoms with E-state index in [0.29, 0.717) is 11.4 Å². The fraction of sp³-hybridized carbons (Fsp3) is 0.0870. The van der Waals surface area contributed by atoms with E-state index in [2.05, 4.69) is 31.2 Å². The Hall–Kier alpha value is -4.41. The third kappa shape index (κ3) is 7.55. The Morgan fingerprint density at radius 1 is 1.16 bits per heavy atom. The lowest BCUT2D eigenvalue weighted by Gasteiger charge is -2.15. The lowest BCUT2D eigenvalue weighted by molar-refractivity contribution is -0.137. The van der Waals surface area contributed by atoms with Crippen LogP contribution in [0.3, 0.4) is 0 Å². The van der Waals surface area contributed by atoms with Crippen molar-refractivity contribution in [1.29, 1.82) is 0 Å². The summed E-state index contributed by atoms with van der Waals surface area (Å²) in [5.41, 5.74) is -0.887. The molecule has 0 aliphatic rings. The maximum absolute atomic E-state index is 13.2. The molecule has 4 N–H and O–H groups in total. The predicted molar refractivity (Wildman–Crippen MR) is 141 cm³/mol. The lowest BCUT2D eigenvalue weighted by atomic mass is 10.1. The molecule has 38 heavy (non-hydrogen) atoms. The molecule has 3 aromatic rings. The number of benzene rings is 2. The van der Waals surface area contributed by atoms with Crippen LogP contribution in [-0.2, 0) is 11.0 Å². The quantitative estimate of drug-likeness (QED) is 0.0701. The van der Waals surface area contributed by atoms with Crippen LogP contribution in [0.25, 0.3) is 5.69 Å². The van der Waals surface area contributed by atoms with E-state index in [4.69, 9.17) is 9.94 Å². The second-order valence-electron chi connectivity index (χ2n) is 7.18. The number of oxime groups is 1. The van der Waals surface area contributed by atoms with Crippen molar-refractivity contribution in [1.82, 2.24) is 20.1 Å². The minimum Gasteiger partial charge on any atom is -0.457 e. The van der Waals surface area contributed by atoms with Gasteiger partial charge in [-0.1, -0.05) is 27.7 Å². The fourth-order valence-electron chi connectivity index (χ4n) is 2.95. The first-order valence-corrected chi connectivity index (χ1v) is 11.7. The molecule has 1 heterocycles. The van der Waals surface area contributed by atoms with E-state index >= 15 is 0 Å². The van der Waals surface area contributed by atoms with E-state index in [1.807, 2.05) is 22.6 Å². The first-order chi connectivity index (χ1) is 18.1. The number of amides is 3. The number of carbonyl (C=O) groups is 2. The van der Waals surface area contributed by atoms with Crippen LogP contribution in [0, 0.1) is 0 Å². The summed E-state index contributed by atoms with van der Waals surface area (Å²) in [7, 11) is 1.38. The average molecular weight is 641 g/mol. The van der Waals surface area contributed by atoms with Gasteiger partial charge in [-0.05, 0) is 52.6 Å². The molecular weight excluding hydrogens is 622 g/mol. The summed E-state index contributed by atoms with van der Waals surface area (Å²) in [5.74, 6) is -0.134. The molecule has 0 aliphatic heterocycles. The Morgan fingerprint density at radius 2 is 1.89 bits per heavy atom. The van der Waals surface area contributed by atoms with Gasteiger partial charge in [-0.25, -0.2) is 14.5 Å². The summed E-state index contributed by atoms with van der Waals surface area (Å²) in [6, 6.07) is 8.03. The molecule has 0 radical (unpaired) electrons. The second kappa shape index (κ2) is 12.7. The van der Waals surface area contributed by atoms with E-state index in [0.717, 1.165) is 12.1 Å². The molecule has 0 spiro atoms. The fourth-order valence-corrected chi connectivity index (χ4v) is 3.30. The van der Waals surface area contributed by atoms with Crippen molar-refractivity contribution < 1.29 is 32.7 Å². The van der Waals surface area contributed by atoms with Gasteiger partial charge in [0.1, 0.15) is 24.2 Å². The van der Waals surface area contributed by atoms with Gasteiger partial charge in [-0.3, -0.25) is 4.79 Å². The van der Waals surface area contributed by atoms with Crippen molar-refractivity contribution in [2.24, 2.45) is 5.16 Å². The van der Waals surface area contributed by atoms with Crippen LogP contribution in [-0.4, -0.2) is 44.7 Å². The Balaban J connectivity index is 1.75. The molecule has 15 heteroatoms. The van der Waals surface area contributed by atoms with E-state index < -0.39 is 23.7 Å². The zero-order valence-electron chi connectivity index (χ0n) is 19.4. The number of carbonyl (C=O) groups excluding carboxylic acids is 2. The molecule has 0 fully saturated rings. The van der Waals surface area contributed by atoms with Crippen molar-refractivity contribution in [2.75, 3.05) is 17.7 Å². The molecule has 198 valence electrons. The van der Waals surface area contributed by atoms with Gasteiger partial charge >= 0.3 is 12.2 Å². The molecular formula is C23H19F3IN7O4. The van der Waals surface area contributed by atoms with Gasteiger partial charge in [0.05, 0.1) is 16.9 Å². The smallest absolute Gasteiger partial charge is 0.416 e. The number of aromatic nitrogens is 3. The maximum Gasteiger partial charge on any atom is 0.416 e. The minimum atomic E-state index is -4.62. The first-order valence-electron chi connectivity index (χ1n) is 10.5. The number of urea groups is 1. The Morgan fingerprint density at radius 3 is 2.47 bits per heavy atom. The Bertz CT molecular complexity index is 1370. The van der Waals surface area contributed by atoms with Crippen molar-refractivity contribution in [3.05, 3.63) is 82.7 Å². The number of nitrogens with zero attached hydrogens (tertiary/aromatic N) is 4. The topological polar surface area (TPSA) is 143 Å². The van der Waals surface area contributed by atoms with Crippen molar-refractivity contribution >= 4 is 51.6 Å². The number of allylic oxidation sites excluding steroid dienone is 1. The maximum atomic E-state index is 13.2. The number of halogens is 4. The third-order valence-corrected chi connectivity index (χ3v) is 5.02. The molecule has 1 aromatic heterocycles. The number of hydrogen-bond donors (Lipinski definition) is 4. The average Bonchev–Trinajstić information content (AvgIpc) is 3.42. The number of ether oxygens (including phenoxy) is 1. The minimum absolute atomic E-state index is 0.138. The zero-order valence-corrected chi connectivity index (χ0v) is 21.6. The summed E-state index contributed by atoms with van der Waals surface area (Å²) in [5, 5.41) is 23.1. The van der Waals surface area contributed by atoms with Crippen molar-refractivity contribution in [2.45, 2.75) is 6.18 Å². The van der Waals surface area contributed by atoms with Gasteiger partial charge in [0.25, 0.3) is 5.91 Å². The largest absolute Gasteiger partial charge is 0.457 e. The van der Waals surface area contributed by atoms with Crippen molar-refractivity contribution in [3.8, 4) is 11.4 Å². The van der Waals surface area contributed by atoms with Gasteiger partial charge in [-0.2, -0.15) is 18.3 Å². The van der Waals surface area contributed by atoms with Crippen LogP contribution in [0.1, 0.15) is 5.56 Å². The van der Waals surface area contributed by atoms with Crippen LogP contribution in [0.4, 0.5) is 29.3 Å². The molecule has 0 saturated carbocycles. The van der Waals surface area contributed by atoms with Gasteiger partial charge in [0.15, 0.2) is 5.71 Å². The van der Waals surface area contributed by atoms with E-state index in [9.17, 15) is 22.8 Å². The van der Waals surface area contributed by atoms with Crippen molar-refractivity contribution in [3.63, 3.8) is 0 Å². The molecule has 0 atom stereocenters. The van der Waals surface area contributed by atoms with Crippen LogP contribution in [0.15, 0.2) is 82.3 Å². The highest BCUT2D eigenvalue weighted by molar-refractivity contribution is 14.1. The Labute approximate surface area is 227 Å². The highest BCUT2D eigenvalue weighted by Crippen LogP contribution is 2.33. The summed E-state index contributed by atoms with van der Waals surface area (Å²) in [4.78, 5) is 28.1. The summed E-state index contributed by atoms with van der Waals surface area (Å²) >= 11 is 1.94. The highest BCUT2D eigenvalue weighted by Gasteiger charge is 2.31. The standard InChI is InChI=1S/C23H19F3IN7O4/c1-28-21(35)19(33-37)11-17(8-9-27)38-16-5-3-15(4-6-16)31-22(36)32-18-10-14(23(24,25)26)2-7-20(18)34-13-29-12-30-34/h2-13,37H,1H3,(H,28,35)(H2,31,32,36)/b9-8-,17-11+,33-19-. The second-order valence-corrected chi connectivity index (χ2v) is 7.90. The number of hydrogen-bond acceptors (Lipinski definition) is 7. The third-order valence-electron chi connectivity index (χ3n) is 4.66. The molecule has 3 amide bonds. The van der Waals surface area contributed by atoms with Crippen LogP contribution in [0.2, 0.25) is 0 Å². The zero-order chi connectivity index (χ0) is 27.7. The summed E-state index contributed by atoms with van der Waals surface area (Å²) in [6.07, 6.45) is 0.612. The molecule has 0 saturated heterocycles. The van der Waals surface area contributed by atoms with E-state index in [1.165, 1.54) is 66.9 Å². The summed E-state index contributed by atoms with van der Waals surface area (Å²) in [6.45, 7) is 0. The molecule has 0 bridgehead atoms. The highest BCUT2D eigenvalue weighted by atomic mass is 127.